The molecule has 1 aliphatic rings. The van der Waals surface area contributed by atoms with E-state index < -0.39 is 0 Å². The SMILES string of the molecule is CCN(CC)CCCCNc1ncc2c(n1)NC(=O)N(c1cc(OC)cc(OC)c1)C2. The van der Waals surface area contributed by atoms with Crippen LogP contribution < -0.4 is 25.0 Å². The molecule has 0 spiro atoms. The number of nitrogens with one attached hydrogen (secondary N) is 2. The van der Waals surface area contributed by atoms with Gasteiger partial charge in [0.05, 0.1) is 26.5 Å². The van der Waals surface area contributed by atoms with Crippen LogP contribution in [0, 0.1) is 0 Å². The first-order chi connectivity index (χ1) is 15.1. The van der Waals surface area contributed by atoms with Crippen molar-refractivity contribution in [2.75, 3.05) is 55.9 Å². The van der Waals surface area contributed by atoms with Crippen molar-refractivity contribution in [3.05, 3.63) is 30.0 Å². The summed E-state index contributed by atoms with van der Waals surface area (Å²) in [5, 5.41) is 6.12. The number of aromatic nitrogens is 2. The number of hydrogen-bond acceptors (Lipinski definition) is 7. The van der Waals surface area contributed by atoms with E-state index >= 15 is 0 Å². The Morgan fingerprint density at radius 3 is 2.48 bits per heavy atom. The van der Waals surface area contributed by atoms with E-state index in [1.54, 1.807) is 43.5 Å². The molecule has 31 heavy (non-hydrogen) atoms. The van der Waals surface area contributed by atoms with Crippen LogP contribution in [0.25, 0.3) is 0 Å². The quantitative estimate of drug-likeness (QED) is 0.529. The van der Waals surface area contributed by atoms with Crippen LogP contribution in [0.15, 0.2) is 24.4 Å². The molecule has 0 aliphatic carbocycles. The van der Waals surface area contributed by atoms with E-state index in [9.17, 15) is 4.79 Å². The molecule has 9 heteroatoms. The Bertz CT molecular complexity index is 865. The summed E-state index contributed by atoms with van der Waals surface area (Å²) in [4.78, 5) is 25.7. The Morgan fingerprint density at radius 1 is 1.13 bits per heavy atom. The normalized spacial score (nSPS) is 13.1. The summed E-state index contributed by atoms with van der Waals surface area (Å²) in [5.74, 6) is 2.30. The second kappa shape index (κ2) is 10.8. The molecule has 0 fully saturated rings. The summed E-state index contributed by atoms with van der Waals surface area (Å²) in [7, 11) is 3.16. The van der Waals surface area contributed by atoms with Gasteiger partial charge in [-0.3, -0.25) is 10.2 Å². The van der Waals surface area contributed by atoms with Crippen molar-refractivity contribution in [2.45, 2.75) is 33.2 Å². The number of nitrogens with zero attached hydrogens (tertiary/aromatic N) is 4. The van der Waals surface area contributed by atoms with Crippen molar-refractivity contribution in [3.8, 4) is 11.5 Å². The zero-order valence-electron chi connectivity index (χ0n) is 18.8. The largest absolute Gasteiger partial charge is 0.497 e. The van der Waals surface area contributed by atoms with Crippen LogP contribution in [-0.4, -0.2) is 61.3 Å². The van der Waals surface area contributed by atoms with Gasteiger partial charge >= 0.3 is 6.03 Å². The van der Waals surface area contributed by atoms with E-state index in [4.69, 9.17) is 9.47 Å². The van der Waals surface area contributed by atoms with Crippen LogP contribution >= 0.6 is 0 Å². The molecule has 1 aliphatic heterocycles. The van der Waals surface area contributed by atoms with Crippen molar-refractivity contribution in [1.29, 1.82) is 0 Å². The average molecular weight is 429 g/mol. The maximum atomic E-state index is 12.7. The fourth-order valence-corrected chi connectivity index (χ4v) is 3.48. The van der Waals surface area contributed by atoms with Crippen LogP contribution in [0.5, 0.6) is 11.5 Å². The molecule has 2 heterocycles. The predicted molar refractivity (Wildman–Crippen MR) is 122 cm³/mol. The zero-order valence-corrected chi connectivity index (χ0v) is 18.8. The van der Waals surface area contributed by atoms with Gasteiger partial charge in [0.1, 0.15) is 17.3 Å². The van der Waals surface area contributed by atoms with Gasteiger partial charge in [0.2, 0.25) is 5.95 Å². The van der Waals surface area contributed by atoms with Gasteiger partial charge in [0, 0.05) is 36.5 Å². The number of hydrogen-bond donors (Lipinski definition) is 2. The van der Waals surface area contributed by atoms with Crippen LogP contribution in [0.1, 0.15) is 32.3 Å². The third-order valence-corrected chi connectivity index (χ3v) is 5.39. The molecular weight excluding hydrogens is 396 g/mol. The number of amides is 2. The van der Waals surface area contributed by atoms with Crippen molar-refractivity contribution >= 4 is 23.5 Å². The lowest BCUT2D eigenvalue weighted by molar-refractivity contribution is 0.256. The predicted octanol–water partition coefficient (Wildman–Crippen LogP) is 3.58. The first-order valence-electron chi connectivity index (χ1n) is 10.7. The Balaban J connectivity index is 1.62. The molecule has 3 rings (SSSR count). The summed E-state index contributed by atoms with van der Waals surface area (Å²) in [6.45, 7) is 8.78. The molecule has 1 aromatic carbocycles. The Labute approximate surface area is 183 Å². The first-order valence-corrected chi connectivity index (χ1v) is 10.7. The molecule has 2 aromatic rings. The van der Waals surface area contributed by atoms with E-state index in [0.29, 0.717) is 35.5 Å². The minimum absolute atomic E-state index is 0.258. The molecule has 0 saturated heterocycles. The van der Waals surface area contributed by atoms with Crippen molar-refractivity contribution < 1.29 is 14.3 Å². The van der Waals surface area contributed by atoms with Crippen LogP contribution in [0.4, 0.5) is 22.2 Å². The topological polar surface area (TPSA) is 91.9 Å². The maximum absolute atomic E-state index is 12.7. The maximum Gasteiger partial charge on any atom is 0.327 e. The fourth-order valence-electron chi connectivity index (χ4n) is 3.48. The molecule has 0 saturated carbocycles. The van der Waals surface area contributed by atoms with Gasteiger partial charge in [0.15, 0.2) is 0 Å². The highest BCUT2D eigenvalue weighted by atomic mass is 16.5. The number of carbonyl (C=O) groups excluding carboxylic acids is 1. The molecule has 2 amide bonds. The third-order valence-electron chi connectivity index (χ3n) is 5.39. The van der Waals surface area contributed by atoms with Gasteiger partial charge in [-0.2, -0.15) is 4.98 Å². The Kier molecular flexibility index (Phi) is 7.88. The molecule has 168 valence electrons. The van der Waals surface area contributed by atoms with Gasteiger partial charge in [0.25, 0.3) is 0 Å². The Morgan fingerprint density at radius 2 is 1.84 bits per heavy atom. The van der Waals surface area contributed by atoms with Crippen molar-refractivity contribution in [1.82, 2.24) is 14.9 Å². The number of rotatable bonds is 11. The number of benzene rings is 1. The lowest BCUT2D eigenvalue weighted by Crippen LogP contribution is -2.39. The van der Waals surface area contributed by atoms with E-state index in [-0.39, 0.29) is 6.03 Å². The number of ether oxygens (including phenoxy) is 2. The lowest BCUT2D eigenvalue weighted by Gasteiger charge is -2.29. The minimum Gasteiger partial charge on any atom is -0.497 e. The lowest BCUT2D eigenvalue weighted by atomic mass is 10.2. The summed E-state index contributed by atoms with van der Waals surface area (Å²) in [5.41, 5.74) is 1.52. The molecule has 1 aromatic heterocycles. The van der Waals surface area contributed by atoms with Gasteiger partial charge < -0.3 is 19.7 Å². The van der Waals surface area contributed by atoms with Gasteiger partial charge in [-0.1, -0.05) is 13.8 Å². The van der Waals surface area contributed by atoms with E-state index in [0.717, 1.165) is 44.6 Å². The Hall–Kier alpha value is -3.07. The second-order valence-electron chi connectivity index (χ2n) is 7.32. The summed E-state index contributed by atoms with van der Waals surface area (Å²) in [6.07, 6.45) is 3.91. The fraction of sp³-hybridized carbons (Fsp3) is 0.500. The highest BCUT2D eigenvalue weighted by Crippen LogP contribution is 2.32. The van der Waals surface area contributed by atoms with E-state index in [1.165, 1.54) is 0 Å². The number of fused-ring (bicyclic) bond motifs is 1. The van der Waals surface area contributed by atoms with Crippen molar-refractivity contribution in [3.63, 3.8) is 0 Å². The van der Waals surface area contributed by atoms with Crippen LogP contribution in [0.3, 0.4) is 0 Å². The highest BCUT2D eigenvalue weighted by molar-refractivity contribution is 6.03. The molecule has 2 N–H and O–H groups in total. The number of methoxy groups -OCH3 is 2. The monoisotopic (exact) mass is 428 g/mol. The van der Waals surface area contributed by atoms with Crippen LogP contribution in [-0.2, 0) is 6.54 Å². The molecular formula is C22H32N6O3. The van der Waals surface area contributed by atoms with E-state index in [2.05, 4.69) is 39.3 Å². The standard InChI is InChI=1S/C22H32N6O3/c1-5-27(6-2)10-8-7-9-23-21-24-14-16-15-28(22(29)26-20(16)25-21)17-11-18(30-3)13-19(12-17)31-4/h11-14H,5-10,15H2,1-4H3,(H2,23,24,25,26,29). The summed E-state index contributed by atoms with van der Waals surface area (Å²) in [6, 6.07) is 5.10. The first kappa shape index (κ1) is 22.6. The highest BCUT2D eigenvalue weighted by Gasteiger charge is 2.26. The number of unbranched alkanes of at least 4 members (excludes halogenated alkanes) is 1. The zero-order chi connectivity index (χ0) is 22.2. The smallest absolute Gasteiger partial charge is 0.327 e. The second-order valence-corrected chi connectivity index (χ2v) is 7.32. The third kappa shape index (κ3) is 5.75. The molecule has 0 bridgehead atoms. The molecule has 0 unspecified atom stereocenters. The van der Waals surface area contributed by atoms with Gasteiger partial charge in [-0.25, -0.2) is 9.78 Å². The number of carbonyl (C=O) groups is 1. The molecule has 0 radical (unpaired) electrons. The number of urea groups is 1. The summed E-state index contributed by atoms with van der Waals surface area (Å²) >= 11 is 0. The number of anilines is 3. The van der Waals surface area contributed by atoms with E-state index in [1.807, 2.05) is 0 Å². The minimum atomic E-state index is -0.258. The van der Waals surface area contributed by atoms with Crippen LogP contribution in [0.2, 0.25) is 0 Å². The van der Waals surface area contributed by atoms with Gasteiger partial charge in [-0.05, 0) is 32.5 Å². The summed E-state index contributed by atoms with van der Waals surface area (Å²) < 4.78 is 10.6. The average Bonchev–Trinajstić information content (AvgIpc) is 2.80. The molecule has 0 atom stereocenters. The molecule has 9 nitrogen and oxygen atoms in total. The van der Waals surface area contributed by atoms with Crippen molar-refractivity contribution in [2.24, 2.45) is 0 Å². The van der Waals surface area contributed by atoms with Gasteiger partial charge in [-0.15, -0.1) is 0 Å².